The van der Waals surface area contributed by atoms with Crippen molar-refractivity contribution in [3.05, 3.63) is 59.4 Å². The Hall–Kier alpha value is -3.69. The fourth-order valence-electron chi connectivity index (χ4n) is 2.75. The van der Waals surface area contributed by atoms with Gasteiger partial charge in [-0.1, -0.05) is 0 Å². The number of nitrogens with one attached hydrogen (secondary N) is 1. The van der Waals surface area contributed by atoms with Gasteiger partial charge in [-0.3, -0.25) is 19.3 Å². The Morgan fingerprint density at radius 3 is 2.17 bits per heavy atom. The second-order valence-electron chi connectivity index (χ2n) is 6.43. The van der Waals surface area contributed by atoms with Gasteiger partial charge in [0.2, 0.25) is 11.8 Å². The van der Waals surface area contributed by atoms with E-state index >= 15 is 0 Å². The molecule has 0 aliphatic carbocycles. The molecular weight excluding hydrogens is 405 g/mol. The first-order chi connectivity index (χ1) is 14.2. The van der Waals surface area contributed by atoms with Crippen molar-refractivity contribution in [3.63, 3.8) is 0 Å². The number of imide groups is 1. The van der Waals surface area contributed by atoms with Gasteiger partial charge in [-0.05, 0) is 43.3 Å². The van der Waals surface area contributed by atoms with E-state index in [2.05, 4.69) is 0 Å². The van der Waals surface area contributed by atoms with Gasteiger partial charge in [-0.25, -0.2) is 18.0 Å². The molecule has 156 valence electrons. The number of nitrogens with zero attached hydrogens (tertiary/aromatic N) is 1. The molecule has 30 heavy (non-hydrogen) atoms. The number of rotatable bonds is 5. The van der Waals surface area contributed by atoms with Crippen molar-refractivity contribution in [2.45, 2.75) is 25.9 Å². The molecule has 0 radical (unpaired) electrons. The van der Waals surface area contributed by atoms with Gasteiger partial charge in [0.15, 0.2) is 23.6 Å². The molecule has 0 saturated carbocycles. The molecule has 0 aromatic heterocycles. The van der Waals surface area contributed by atoms with Crippen molar-refractivity contribution in [1.82, 2.24) is 0 Å². The number of hydrogen-bond acceptors (Lipinski definition) is 5. The highest BCUT2D eigenvalue weighted by atomic mass is 19.2. The number of benzene rings is 2. The predicted molar refractivity (Wildman–Crippen MR) is 98.0 cm³/mol. The van der Waals surface area contributed by atoms with Crippen LogP contribution in [-0.4, -0.2) is 29.8 Å². The summed E-state index contributed by atoms with van der Waals surface area (Å²) >= 11 is 0. The number of halogens is 3. The molecule has 10 heteroatoms. The quantitative estimate of drug-likeness (QED) is 0.456. The van der Waals surface area contributed by atoms with E-state index in [1.54, 1.807) is 0 Å². The predicted octanol–water partition coefficient (Wildman–Crippen LogP) is 2.94. The second kappa shape index (κ2) is 8.36. The lowest BCUT2D eigenvalue weighted by Gasteiger charge is -2.16. The van der Waals surface area contributed by atoms with Crippen LogP contribution in [0.25, 0.3) is 0 Å². The van der Waals surface area contributed by atoms with Gasteiger partial charge in [-0.15, -0.1) is 0 Å². The van der Waals surface area contributed by atoms with Crippen molar-refractivity contribution in [2.24, 2.45) is 0 Å². The van der Waals surface area contributed by atoms with Gasteiger partial charge >= 0.3 is 5.97 Å². The first kappa shape index (κ1) is 21.0. The van der Waals surface area contributed by atoms with E-state index in [4.69, 9.17) is 4.74 Å². The zero-order valence-corrected chi connectivity index (χ0v) is 15.6. The fourth-order valence-corrected chi connectivity index (χ4v) is 2.75. The number of anilines is 2. The molecule has 0 spiro atoms. The van der Waals surface area contributed by atoms with E-state index in [-0.39, 0.29) is 30.2 Å². The first-order valence-electron chi connectivity index (χ1n) is 8.80. The van der Waals surface area contributed by atoms with E-state index in [0.717, 1.165) is 11.0 Å². The Morgan fingerprint density at radius 1 is 0.967 bits per heavy atom. The van der Waals surface area contributed by atoms with Crippen molar-refractivity contribution in [1.29, 1.82) is 0 Å². The summed E-state index contributed by atoms with van der Waals surface area (Å²) < 4.78 is 44.8. The molecule has 1 fully saturated rings. The van der Waals surface area contributed by atoms with Gasteiger partial charge in [0.1, 0.15) is 0 Å². The molecule has 2 aromatic rings. The molecular formula is C20H15F3N2O5. The van der Waals surface area contributed by atoms with Crippen LogP contribution >= 0.6 is 0 Å². The average Bonchev–Trinajstić information content (AvgIpc) is 3.06. The summed E-state index contributed by atoms with van der Waals surface area (Å²) in [6.45, 7) is 1.21. The van der Waals surface area contributed by atoms with Crippen LogP contribution < -0.4 is 10.2 Å². The number of carbonyl (C=O) groups excluding carboxylic acids is 4. The summed E-state index contributed by atoms with van der Waals surface area (Å²) in [5, 5.41) is 2.01. The summed E-state index contributed by atoms with van der Waals surface area (Å²) in [5.74, 6) is -7.27. The Balaban J connectivity index is 1.64. The molecule has 1 aliphatic rings. The molecule has 1 atom stereocenters. The van der Waals surface area contributed by atoms with Crippen molar-refractivity contribution in [3.8, 4) is 0 Å². The Labute approximate surface area is 168 Å². The van der Waals surface area contributed by atoms with Crippen LogP contribution in [0.4, 0.5) is 24.5 Å². The molecule has 3 rings (SSSR count). The summed E-state index contributed by atoms with van der Waals surface area (Å²) in [6.07, 6.45) is -1.15. The Kier molecular flexibility index (Phi) is 5.86. The minimum atomic E-state index is -1.74. The summed E-state index contributed by atoms with van der Waals surface area (Å²) in [5.41, 5.74) is -0.263. The monoisotopic (exact) mass is 420 g/mol. The summed E-state index contributed by atoms with van der Waals surface area (Å²) in [6, 6.07) is 6.88. The summed E-state index contributed by atoms with van der Waals surface area (Å²) in [7, 11) is 0. The molecule has 0 unspecified atom stereocenters. The number of amides is 3. The van der Waals surface area contributed by atoms with Gasteiger partial charge in [-0.2, -0.15) is 0 Å². The van der Waals surface area contributed by atoms with E-state index in [0.29, 0.717) is 11.8 Å². The molecule has 1 aliphatic heterocycles. The highest BCUT2D eigenvalue weighted by molar-refractivity contribution is 6.19. The van der Waals surface area contributed by atoms with Crippen LogP contribution in [0.15, 0.2) is 36.4 Å². The minimum absolute atomic E-state index is 0.0384. The van der Waals surface area contributed by atoms with E-state index in [1.807, 2.05) is 5.32 Å². The fraction of sp³-hybridized carbons (Fsp3) is 0.200. The molecule has 1 heterocycles. The van der Waals surface area contributed by atoms with Gasteiger partial charge in [0.25, 0.3) is 5.91 Å². The maximum atomic E-state index is 13.6. The maximum absolute atomic E-state index is 13.6. The third kappa shape index (κ3) is 4.17. The third-order valence-electron chi connectivity index (χ3n) is 4.36. The first-order valence-corrected chi connectivity index (χ1v) is 8.80. The van der Waals surface area contributed by atoms with E-state index < -0.39 is 41.1 Å². The normalized spacial score (nSPS) is 14.6. The van der Waals surface area contributed by atoms with Crippen molar-refractivity contribution < 1.29 is 37.1 Å². The van der Waals surface area contributed by atoms with Crippen molar-refractivity contribution in [2.75, 3.05) is 10.2 Å². The van der Waals surface area contributed by atoms with Crippen LogP contribution in [0.5, 0.6) is 0 Å². The zero-order valence-electron chi connectivity index (χ0n) is 15.6. The molecule has 1 N–H and O–H groups in total. The highest BCUT2D eigenvalue weighted by Gasteiger charge is 2.30. The highest BCUT2D eigenvalue weighted by Crippen LogP contribution is 2.23. The lowest BCUT2D eigenvalue weighted by molar-refractivity contribution is -0.124. The lowest BCUT2D eigenvalue weighted by Crippen LogP contribution is -2.30. The molecule has 7 nitrogen and oxygen atoms in total. The van der Waals surface area contributed by atoms with Gasteiger partial charge in [0.05, 0.1) is 16.9 Å². The van der Waals surface area contributed by atoms with Gasteiger partial charge < -0.3 is 10.1 Å². The number of carbonyl (C=O) groups is 4. The number of ether oxygens (including phenoxy) is 1. The van der Waals surface area contributed by atoms with Crippen LogP contribution in [0.1, 0.15) is 30.1 Å². The molecule has 2 aromatic carbocycles. The number of esters is 1. The standard InChI is InChI=1S/C20H15F3N2O5/c1-10(19(28)24-14-7-6-13(21)17(22)18(14)23)30-20(29)11-2-4-12(5-3-11)25-15(26)8-9-16(25)27/h2-7,10H,8-9H2,1H3,(H,24,28)/t10-/m1/s1. The lowest BCUT2D eigenvalue weighted by atomic mass is 10.2. The largest absolute Gasteiger partial charge is 0.449 e. The van der Waals surface area contributed by atoms with Crippen LogP contribution in [0.2, 0.25) is 0 Å². The second-order valence-corrected chi connectivity index (χ2v) is 6.43. The topological polar surface area (TPSA) is 92.8 Å². The minimum Gasteiger partial charge on any atom is -0.449 e. The Bertz CT molecular complexity index is 1020. The van der Waals surface area contributed by atoms with Crippen LogP contribution in [0.3, 0.4) is 0 Å². The molecule has 3 amide bonds. The van der Waals surface area contributed by atoms with E-state index in [1.165, 1.54) is 31.2 Å². The smallest absolute Gasteiger partial charge is 0.338 e. The average molecular weight is 420 g/mol. The molecule has 0 bridgehead atoms. The van der Waals surface area contributed by atoms with E-state index in [9.17, 15) is 32.3 Å². The third-order valence-corrected chi connectivity index (χ3v) is 4.36. The SMILES string of the molecule is C[C@@H](OC(=O)c1ccc(N2C(=O)CCC2=O)cc1)C(=O)Nc1ccc(F)c(F)c1F. The Morgan fingerprint density at radius 2 is 1.57 bits per heavy atom. The van der Waals surface area contributed by atoms with Crippen LogP contribution in [0, 0.1) is 17.5 Å². The maximum Gasteiger partial charge on any atom is 0.338 e. The van der Waals surface area contributed by atoms with Crippen LogP contribution in [-0.2, 0) is 19.1 Å². The van der Waals surface area contributed by atoms with Crippen molar-refractivity contribution >= 4 is 35.1 Å². The van der Waals surface area contributed by atoms with Gasteiger partial charge in [0, 0.05) is 12.8 Å². The zero-order chi connectivity index (χ0) is 22.0. The molecule has 1 saturated heterocycles. The number of hydrogen-bond donors (Lipinski definition) is 1. The summed E-state index contributed by atoms with van der Waals surface area (Å²) in [4.78, 5) is 48.8.